The van der Waals surface area contributed by atoms with Gasteiger partial charge in [0, 0.05) is 13.2 Å². The fourth-order valence-electron chi connectivity index (χ4n) is 0.688. The van der Waals surface area contributed by atoms with Crippen molar-refractivity contribution in [1.29, 1.82) is 0 Å². The highest BCUT2D eigenvalue weighted by Crippen LogP contribution is 2.18. The zero-order chi connectivity index (χ0) is 7.40. The van der Waals surface area contributed by atoms with E-state index in [-0.39, 0.29) is 12.6 Å². The summed E-state index contributed by atoms with van der Waals surface area (Å²) in [5.74, 6) is 0. The lowest BCUT2D eigenvalue weighted by molar-refractivity contribution is -0.565. The summed E-state index contributed by atoms with van der Waals surface area (Å²) in [6.45, 7) is 5.00. The Morgan fingerprint density at radius 1 is 1.00 bits per heavy atom. The molecule has 0 amide bonds. The first kappa shape index (κ1) is 7.94. The molecular formula is C6H12O4. The lowest BCUT2D eigenvalue weighted by atomic mass is 10.5. The van der Waals surface area contributed by atoms with Crippen molar-refractivity contribution in [1.82, 2.24) is 0 Å². The van der Waals surface area contributed by atoms with Crippen LogP contribution >= 0.6 is 0 Å². The van der Waals surface area contributed by atoms with Crippen LogP contribution in [-0.4, -0.2) is 25.8 Å². The highest BCUT2D eigenvalue weighted by molar-refractivity contribution is 4.52. The van der Waals surface area contributed by atoms with Gasteiger partial charge in [0.1, 0.15) is 0 Å². The number of rotatable bonds is 4. The third kappa shape index (κ3) is 1.67. The van der Waals surface area contributed by atoms with Crippen molar-refractivity contribution in [2.24, 2.45) is 0 Å². The second-order valence-corrected chi connectivity index (χ2v) is 1.84. The molecule has 0 radical (unpaired) electrons. The van der Waals surface area contributed by atoms with Gasteiger partial charge in [-0.1, -0.05) is 0 Å². The molecule has 1 rings (SSSR count). The maximum Gasteiger partial charge on any atom is 0.246 e. The van der Waals surface area contributed by atoms with E-state index in [4.69, 9.17) is 9.47 Å². The maximum atomic E-state index is 5.07. The average Bonchev–Trinajstić information content (AvgIpc) is 1.93. The Bertz CT molecular complexity index is 83.7. The van der Waals surface area contributed by atoms with Gasteiger partial charge in [-0.25, -0.2) is 0 Å². The molecule has 1 saturated heterocycles. The van der Waals surface area contributed by atoms with Crippen LogP contribution in [0.25, 0.3) is 0 Å². The molecule has 10 heavy (non-hydrogen) atoms. The lowest BCUT2D eigenvalue weighted by Gasteiger charge is -2.32. The van der Waals surface area contributed by atoms with Gasteiger partial charge in [-0.15, -0.1) is 0 Å². The Kier molecular flexibility index (Phi) is 3.08. The molecule has 1 heterocycles. The van der Waals surface area contributed by atoms with Gasteiger partial charge in [-0.05, 0) is 13.8 Å². The van der Waals surface area contributed by atoms with Crippen LogP contribution in [0.4, 0.5) is 0 Å². The quantitative estimate of drug-likeness (QED) is 0.549. The van der Waals surface area contributed by atoms with E-state index in [2.05, 4.69) is 9.78 Å². The molecule has 0 unspecified atom stereocenters. The van der Waals surface area contributed by atoms with Gasteiger partial charge >= 0.3 is 0 Å². The van der Waals surface area contributed by atoms with Gasteiger partial charge in [0.25, 0.3) is 0 Å². The van der Waals surface area contributed by atoms with Gasteiger partial charge in [0.15, 0.2) is 0 Å². The first-order valence-corrected chi connectivity index (χ1v) is 3.43. The van der Waals surface area contributed by atoms with E-state index in [9.17, 15) is 0 Å². The molecule has 0 saturated carbocycles. The predicted octanol–water partition coefficient (Wildman–Crippen LogP) is 0.673. The predicted molar refractivity (Wildman–Crippen MR) is 33.0 cm³/mol. The van der Waals surface area contributed by atoms with E-state index < -0.39 is 0 Å². The molecule has 4 heteroatoms. The monoisotopic (exact) mass is 148 g/mol. The van der Waals surface area contributed by atoms with Crippen LogP contribution in [-0.2, 0) is 19.2 Å². The fraction of sp³-hybridized carbons (Fsp3) is 1.00. The van der Waals surface area contributed by atoms with Crippen molar-refractivity contribution in [2.75, 3.05) is 13.2 Å². The molecule has 0 aliphatic carbocycles. The fourth-order valence-corrected chi connectivity index (χ4v) is 0.688. The van der Waals surface area contributed by atoms with Crippen LogP contribution in [0, 0.1) is 0 Å². The summed E-state index contributed by atoms with van der Waals surface area (Å²) in [5, 5.41) is 0. The third-order valence-corrected chi connectivity index (χ3v) is 1.13. The van der Waals surface area contributed by atoms with Crippen molar-refractivity contribution >= 4 is 0 Å². The molecule has 1 fully saturated rings. The van der Waals surface area contributed by atoms with Crippen LogP contribution < -0.4 is 0 Å². The third-order valence-electron chi connectivity index (χ3n) is 1.13. The molecule has 1 aliphatic rings. The van der Waals surface area contributed by atoms with E-state index in [1.165, 1.54) is 0 Å². The van der Waals surface area contributed by atoms with E-state index >= 15 is 0 Å². The molecule has 0 aromatic heterocycles. The van der Waals surface area contributed by atoms with E-state index in [1.54, 1.807) is 0 Å². The van der Waals surface area contributed by atoms with E-state index in [0.29, 0.717) is 13.2 Å². The summed E-state index contributed by atoms with van der Waals surface area (Å²) in [5.41, 5.74) is 0. The standard InChI is InChI=1S/C6H12O4/c1-3-7-5-6(8-4-2)10-9-5/h5-6H,3-4H2,1-2H3/t5-,6-/m1/s1. The molecule has 0 spiro atoms. The van der Waals surface area contributed by atoms with Crippen molar-refractivity contribution < 1.29 is 19.2 Å². The van der Waals surface area contributed by atoms with Crippen LogP contribution in [0.3, 0.4) is 0 Å². The SMILES string of the molecule is CCO[C@@H]1OO[C@H]1OCC. The largest absolute Gasteiger partial charge is 0.346 e. The Hall–Kier alpha value is -0.160. The molecule has 60 valence electrons. The number of ether oxygens (including phenoxy) is 2. The zero-order valence-corrected chi connectivity index (χ0v) is 6.20. The van der Waals surface area contributed by atoms with Crippen LogP contribution in [0.1, 0.15) is 13.8 Å². The number of hydrogen-bond donors (Lipinski definition) is 0. The van der Waals surface area contributed by atoms with Gasteiger partial charge < -0.3 is 9.47 Å². The Morgan fingerprint density at radius 3 is 1.60 bits per heavy atom. The molecule has 0 aromatic carbocycles. The molecule has 0 aromatic rings. The van der Waals surface area contributed by atoms with E-state index in [1.807, 2.05) is 13.8 Å². The molecule has 1 aliphatic heterocycles. The minimum Gasteiger partial charge on any atom is -0.346 e. The van der Waals surface area contributed by atoms with Crippen LogP contribution in [0.2, 0.25) is 0 Å². The smallest absolute Gasteiger partial charge is 0.246 e. The molecule has 0 N–H and O–H groups in total. The van der Waals surface area contributed by atoms with Crippen LogP contribution in [0.15, 0.2) is 0 Å². The average molecular weight is 148 g/mol. The molecule has 2 atom stereocenters. The summed E-state index contributed by atoms with van der Waals surface area (Å²) < 4.78 is 10.1. The summed E-state index contributed by atoms with van der Waals surface area (Å²) in [7, 11) is 0. The topological polar surface area (TPSA) is 36.9 Å². The van der Waals surface area contributed by atoms with Crippen molar-refractivity contribution in [2.45, 2.75) is 26.4 Å². The molecule has 0 bridgehead atoms. The second-order valence-electron chi connectivity index (χ2n) is 1.84. The first-order chi connectivity index (χ1) is 4.88. The second kappa shape index (κ2) is 3.88. The number of hydrogen-bond acceptors (Lipinski definition) is 4. The van der Waals surface area contributed by atoms with Gasteiger partial charge in [-0.2, -0.15) is 9.78 Å². The zero-order valence-electron chi connectivity index (χ0n) is 6.20. The lowest BCUT2D eigenvalue weighted by Crippen LogP contribution is -2.46. The first-order valence-electron chi connectivity index (χ1n) is 3.43. The highest BCUT2D eigenvalue weighted by atomic mass is 17.3. The Labute approximate surface area is 59.9 Å². The van der Waals surface area contributed by atoms with E-state index in [0.717, 1.165) is 0 Å². The minimum atomic E-state index is -0.329. The summed E-state index contributed by atoms with van der Waals surface area (Å²) >= 11 is 0. The van der Waals surface area contributed by atoms with Crippen molar-refractivity contribution in [3.63, 3.8) is 0 Å². The molecule has 4 nitrogen and oxygen atoms in total. The van der Waals surface area contributed by atoms with Gasteiger partial charge in [0.05, 0.1) is 0 Å². The Morgan fingerprint density at radius 2 is 1.40 bits per heavy atom. The highest BCUT2D eigenvalue weighted by Gasteiger charge is 2.36. The van der Waals surface area contributed by atoms with Gasteiger partial charge in [-0.3, -0.25) is 0 Å². The van der Waals surface area contributed by atoms with Crippen molar-refractivity contribution in [3.8, 4) is 0 Å². The summed E-state index contributed by atoms with van der Waals surface area (Å²) in [4.78, 5) is 9.18. The molecular weight excluding hydrogens is 136 g/mol. The summed E-state index contributed by atoms with van der Waals surface area (Å²) in [6, 6.07) is 0. The van der Waals surface area contributed by atoms with Crippen molar-refractivity contribution in [3.05, 3.63) is 0 Å². The normalized spacial score (nSPS) is 31.8. The summed E-state index contributed by atoms with van der Waals surface area (Å²) in [6.07, 6.45) is -0.658. The Balaban J connectivity index is 2.09. The van der Waals surface area contributed by atoms with Crippen LogP contribution in [0.5, 0.6) is 0 Å². The maximum absolute atomic E-state index is 5.07. The van der Waals surface area contributed by atoms with Gasteiger partial charge in [0.2, 0.25) is 12.6 Å². The minimum absolute atomic E-state index is 0.329.